The van der Waals surface area contributed by atoms with Gasteiger partial charge in [0.15, 0.2) is 0 Å². The average molecular weight is 561 g/mol. The van der Waals surface area contributed by atoms with Gasteiger partial charge in [-0.05, 0) is 58.4 Å². The molecule has 11 heteroatoms. The summed E-state index contributed by atoms with van der Waals surface area (Å²) in [5, 5.41) is 10.7. The Bertz CT molecular complexity index is 1010. The van der Waals surface area contributed by atoms with Crippen molar-refractivity contribution in [2.45, 2.75) is 97.2 Å². The second-order valence-corrected chi connectivity index (χ2v) is 11.6. The number of aldehydes is 1. The van der Waals surface area contributed by atoms with Gasteiger partial charge in [-0.25, -0.2) is 4.79 Å². The summed E-state index contributed by atoms with van der Waals surface area (Å²) >= 11 is 0. The molecule has 5 atom stereocenters. The number of hydrogen-bond donors (Lipinski definition) is 4. The number of alkyl carbamates (subject to hydrolysis) is 1. The van der Waals surface area contributed by atoms with Gasteiger partial charge in [0.25, 0.3) is 0 Å². The van der Waals surface area contributed by atoms with Gasteiger partial charge in [-0.3, -0.25) is 14.4 Å². The maximum atomic E-state index is 13.5. The van der Waals surface area contributed by atoms with Crippen LogP contribution in [0.4, 0.5) is 4.79 Å². The highest BCUT2D eigenvalue weighted by atomic mass is 16.6. The monoisotopic (exact) mass is 560 g/mol. The Morgan fingerprint density at radius 3 is 2.27 bits per heavy atom. The van der Waals surface area contributed by atoms with E-state index in [0.717, 1.165) is 5.56 Å². The molecule has 1 aliphatic rings. The fourth-order valence-electron chi connectivity index (χ4n) is 4.49. The summed E-state index contributed by atoms with van der Waals surface area (Å²) in [6, 6.07) is 6.08. The zero-order chi connectivity index (χ0) is 29.9. The van der Waals surface area contributed by atoms with E-state index in [4.69, 9.17) is 9.47 Å². The molecule has 0 aliphatic carbocycles. The lowest BCUT2D eigenvalue weighted by Crippen LogP contribution is -2.59. The minimum absolute atomic E-state index is 0.0139. The zero-order valence-corrected chi connectivity index (χ0v) is 24.3. The molecule has 1 heterocycles. The Hall–Kier alpha value is -3.47. The van der Waals surface area contributed by atoms with E-state index in [1.165, 1.54) is 0 Å². The molecule has 0 bridgehead atoms. The Morgan fingerprint density at radius 1 is 1.05 bits per heavy atom. The van der Waals surface area contributed by atoms with Crippen LogP contribution in [0, 0.1) is 11.8 Å². The number of nitrogens with one attached hydrogen (secondary N) is 4. The van der Waals surface area contributed by atoms with Crippen LogP contribution in [0.5, 0.6) is 0 Å². The lowest BCUT2D eigenvalue weighted by molar-refractivity contribution is -0.136. The van der Waals surface area contributed by atoms with E-state index in [9.17, 15) is 24.0 Å². The molecule has 0 radical (unpaired) electrons. The van der Waals surface area contributed by atoms with Gasteiger partial charge in [0.05, 0.1) is 17.7 Å². The van der Waals surface area contributed by atoms with Crippen molar-refractivity contribution in [1.82, 2.24) is 21.3 Å². The van der Waals surface area contributed by atoms with Crippen molar-refractivity contribution >= 4 is 30.1 Å². The van der Waals surface area contributed by atoms with E-state index in [2.05, 4.69) is 21.3 Å². The maximum absolute atomic E-state index is 13.5. The molecule has 1 aromatic carbocycles. The maximum Gasteiger partial charge on any atom is 0.408 e. The molecule has 0 spiro atoms. The van der Waals surface area contributed by atoms with Gasteiger partial charge < -0.3 is 35.5 Å². The first-order chi connectivity index (χ1) is 18.8. The smallest absolute Gasteiger partial charge is 0.408 e. The van der Waals surface area contributed by atoms with E-state index in [1.54, 1.807) is 6.92 Å². The summed E-state index contributed by atoms with van der Waals surface area (Å²) in [6.07, 6.45) is 0.0726. The van der Waals surface area contributed by atoms with Crippen LogP contribution in [0.25, 0.3) is 0 Å². The minimum Gasteiger partial charge on any atom is -0.445 e. The first-order valence-corrected chi connectivity index (χ1v) is 13.8. The van der Waals surface area contributed by atoms with E-state index >= 15 is 0 Å². The third-order valence-electron chi connectivity index (χ3n) is 6.31. The molecule has 4 N–H and O–H groups in total. The summed E-state index contributed by atoms with van der Waals surface area (Å²) in [7, 11) is 0. The van der Waals surface area contributed by atoms with Crippen molar-refractivity contribution in [2.24, 2.45) is 11.8 Å². The SMILES string of the molecule is CC(C)CC(NC(=O)C(NC(=O)OCc1ccccc1)C(C)OC(C)(C)C)C(=O)NC(C=O)CC1CCNC1=O. The molecular weight excluding hydrogens is 516 g/mol. The summed E-state index contributed by atoms with van der Waals surface area (Å²) in [5.74, 6) is -1.66. The van der Waals surface area contributed by atoms with Gasteiger partial charge in [-0.2, -0.15) is 0 Å². The first-order valence-electron chi connectivity index (χ1n) is 13.8. The largest absolute Gasteiger partial charge is 0.445 e. The molecule has 1 aromatic rings. The standard InChI is InChI=1S/C29H44N4O7/c1-18(2)14-23(26(36)31-22(16-34)15-21-12-13-30-25(21)35)32-27(37)24(19(3)40-29(4,5)6)33-28(38)39-17-20-10-8-7-9-11-20/h7-11,16,18-19,21-24H,12-15,17H2,1-6H3,(H,30,35)(H,31,36)(H,32,37)(H,33,38). The van der Waals surface area contributed by atoms with E-state index in [1.807, 2.05) is 65.0 Å². The molecule has 222 valence electrons. The molecule has 2 rings (SSSR count). The number of carbonyl (C=O) groups excluding carboxylic acids is 5. The predicted octanol–water partition coefficient (Wildman–Crippen LogP) is 2.23. The van der Waals surface area contributed by atoms with Crippen LogP contribution in [-0.2, 0) is 35.3 Å². The normalized spacial score (nSPS) is 18.2. The third-order valence-corrected chi connectivity index (χ3v) is 6.31. The highest BCUT2D eigenvalue weighted by Crippen LogP contribution is 2.17. The first kappa shape index (κ1) is 32.7. The number of benzene rings is 1. The molecule has 0 saturated carbocycles. The van der Waals surface area contributed by atoms with Crippen LogP contribution in [0.3, 0.4) is 0 Å². The van der Waals surface area contributed by atoms with Crippen molar-refractivity contribution in [3.8, 4) is 0 Å². The van der Waals surface area contributed by atoms with Gasteiger partial charge in [-0.1, -0.05) is 44.2 Å². The van der Waals surface area contributed by atoms with E-state index in [0.29, 0.717) is 19.3 Å². The summed E-state index contributed by atoms with van der Waals surface area (Å²) in [4.78, 5) is 63.0. The van der Waals surface area contributed by atoms with E-state index in [-0.39, 0.29) is 37.2 Å². The van der Waals surface area contributed by atoms with E-state index < -0.39 is 47.7 Å². The van der Waals surface area contributed by atoms with Gasteiger partial charge >= 0.3 is 6.09 Å². The van der Waals surface area contributed by atoms with Crippen molar-refractivity contribution in [3.05, 3.63) is 35.9 Å². The molecule has 11 nitrogen and oxygen atoms in total. The van der Waals surface area contributed by atoms with Crippen molar-refractivity contribution in [3.63, 3.8) is 0 Å². The Labute approximate surface area is 236 Å². The van der Waals surface area contributed by atoms with Crippen LogP contribution in [-0.4, -0.2) is 66.5 Å². The summed E-state index contributed by atoms with van der Waals surface area (Å²) in [5.41, 5.74) is 0.164. The van der Waals surface area contributed by atoms with Crippen molar-refractivity contribution in [2.75, 3.05) is 6.54 Å². The lowest BCUT2D eigenvalue weighted by Gasteiger charge is -2.32. The quantitative estimate of drug-likeness (QED) is 0.255. The second-order valence-electron chi connectivity index (χ2n) is 11.6. The molecule has 4 amide bonds. The molecule has 5 unspecified atom stereocenters. The molecule has 40 heavy (non-hydrogen) atoms. The molecular formula is C29H44N4O7. The summed E-state index contributed by atoms with van der Waals surface area (Å²) in [6.45, 7) is 11.5. The second kappa shape index (κ2) is 15.4. The van der Waals surface area contributed by atoms with Gasteiger partial charge in [0.1, 0.15) is 25.0 Å². The third kappa shape index (κ3) is 11.3. The Morgan fingerprint density at radius 2 is 1.73 bits per heavy atom. The molecule has 1 saturated heterocycles. The number of ether oxygens (including phenoxy) is 2. The molecule has 1 fully saturated rings. The average Bonchev–Trinajstić information content (AvgIpc) is 3.28. The predicted molar refractivity (Wildman–Crippen MR) is 149 cm³/mol. The van der Waals surface area contributed by atoms with Crippen molar-refractivity contribution in [1.29, 1.82) is 0 Å². The Balaban J connectivity index is 2.13. The molecule has 0 aromatic heterocycles. The van der Waals surface area contributed by atoms with Crippen LogP contribution in [0.1, 0.15) is 66.4 Å². The minimum atomic E-state index is -1.17. The summed E-state index contributed by atoms with van der Waals surface area (Å²) < 4.78 is 11.3. The zero-order valence-electron chi connectivity index (χ0n) is 24.3. The number of rotatable bonds is 14. The van der Waals surface area contributed by atoms with Gasteiger partial charge in [-0.15, -0.1) is 0 Å². The molecule has 1 aliphatic heterocycles. The number of amides is 4. The van der Waals surface area contributed by atoms with Crippen LogP contribution < -0.4 is 21.3 Å². The number of carbonyl (C=O) groups is 5. The fraction of sp³-hybridized carbons (Fsp3) is 0.621. The van der Waals surface area contributed by atoms with Gasteiger partial charge in [0.2, 0.25) is 17.7 Å². The fourth-order valence-corrected chi connectivity index (χ4v) is 4.49. The van der Waals surface area contributed by atoms with Crippen LogP contribution in [0.2, 0.25) is 0 Å². The number of hydrogen-bond acceptors (Lipinski definition) is 7. The topological polar surface area (TPSA) is 152 Å². The Kier molecular flexibility index (Phi) is 12.6. The van der Waals surface area contributed by atoms with Gasteiger partial charge in [0, 0.05) is 12.5 Å². The van der Waals surface area contributed by atoms with Crippen LogP contribution >= 0.6 is 0 Å². The van der Waals surface area contributed by atoms with Crippen LogP contribution in [0.15, 0.2) is 30.3 Å². The van der Waals surface area contributed by atoms with Crippen molar-refractivity contribution < 1.29 is 33.4 Å². The lowest BCUT2D eigenvalue weighted by atomic mass is 9.97. The highest BCUT2D eigenvalue weighted by Gasteiger charge is 2.35. The highest BCUT2D eigenvalue weighted by molar-refractivity contribution is 5.92.